The zero-order valence-electron chi connectivity index (χ0n) is 18.8. The number of carbonyl (C=O) groups excluding carboxylic acids is 2. The van der Waals surface area contributed by atoms with Gasteiger partial charge in [0.15, 0.2) is 0 Å². The Morgan fingerprint density at radius 3 is 2.41 bits per heavy atom. The van der Waals surface area contributed by atoms with Crippen LogP contribution in [0.4, 0.5) is 5.69 Å². The molecule has 3 aromatic rings. The van der Waals surface area contributed by atoms with Crippen molar-refractivity contribution < 1.29 is 9.59 Å². The van der Waals surface area contributed by atoms with Crippen molar-refractivity contribution in [2.75, 3.05) is 18.4 Å². The van der Waals surface area contributed by atoms with Crippen LogP contribution in [0, 0.1) is 20.8 Å². The highest BCUT2D eigenvalue weighted by atomic mass is 16.2. The Balaban J connectivity index is 1.55. The highest BCUT2D eigenvalue weighted by Gasteiger charge is 2.23. The first-order valence-corrected chi connectivity index (χ1v) is 11.0. The van der Waals surface area contributed by atoms with E-state index in [1.54, 1.807) is 12.1 Å². The smallest absolute Gasteiger partial charge is 0.256 e. The van der Waals surface area contributed by atoms with E-state index in [0.717, 1.165) is 54.1 Å². The molecular weight excluding hydrogens is 400 g/mol. The minimum atomic E-state index is -0.280. The summed E-state index contributed by atoms with van der Waals surface area (Å²) in [4.78, 5) is 27.6. The van der Waals surface area contributed by atoms with Crippen LogP contribution in [0.2, 0.25) is 0 Å². The summed E-state index contributed by atoms with van der Waals surface area (Å²) in [7, 11) is 0. The first-order chi connectivity index (χ1) is 15.5. The van der Waals surface area contributed by atoms with Gasteiger partial charge in [-0.3, -0.25) is 9.59 Å². The number of likely N-dealkylation sites (tertiary alicyclic amines) is 1. The number of benzene rings is 2. The summed E-state index contributed by atoms with van der Waals surface area (Å²) in [5.41, 5.74) is 5.66. The third kappa shape index (κ3) is 4.35. The maximum Gasteiger partial charge on any atom is 0.256 e. The fraction of sp³-hybridized carbons (Fsp3) is 0.269. The predicted molar refractivity (Wildman–Crippen MR) is 127 cm³/mol. The van der Waals surface area contributed by atoms with Crippen molar-refractivity contribution in [2.45, 2.75) is 33.6 Å². The lowest BCUT2D eigenvalue weighted by atomic mass is 10.0. The molecular formula is C26H28N4O2. The van der Waals surface area contributed by atoms with Crippen molar-refractivity contribution in [3.63, 3.8) is 0 Å². The molecule has 1 fully saturated rings. The van der Waals surface area contributed by atoms with E-state index in [2.05, 4.69) is 10.4 Å². The summed E-state index contributed by atoms with van der Waals surface area (Å²) >= 11 is 0. The SMILES string of the molecule is Cc1cccc(NC(=O)/C=C/c2c(C)nn(-c3ccccc3)c2C)c1C(=O)N1CCCC1. The summed E-state index contributed by atoms with van der Waals surface area (Å²) in [6.45, 7) is 7.35. The van der Waals surface area contributed by atoms with Crippen molar-refractivity contribution >= 4 is 23.6 Å². The number of anilines is 1. The molecule has 1 aliphatic heterocycles. The number of para-hydroxylation sites is 1. The molecule has 32 heavy (non-hydrogen) atoms. The van der Waals surface area contributed by atoms with Gasteiger partial charge in [0.2, 0.25) is 5.91 Å². The number of amides is 2. The largest absolute Gasteiger partial charge is 0.339 e. The number of carbonyl (C=O) groups is 2. The molecule has 2 heterocycles. The molecule has 6 heteroatoms. The van der Waals surface area contributed by atoms with E-state index in [4.69, 9.17) is 0 Å². The van der Waals surface area contributed by atoms with Gasteiger partial charge in [-0.1, -0.05) is 30.3 Å². The standard InChI is InChI=1S/C26H28N4O2/c1-18-10-9-13-23(25(18)26(32)29-16-7-8-17-29)27-24(31)15-14-22-19(2)28-30(20(22)3)21-11-5-4-6-12-21/h4-6,9-15H,7-8,16-17H2,1-3H3,(H,27,31)/b15-14+. The number of aryl methyl sites for hydroxylation is 2. The van der Waals surface area contributed by atoms with E-state index >= 15 is 0 Å². The summed E-state index contributed by atoms with van der Waals surface area (Å²) in [6, 6.07) is 15.4. The Morgan fingerprint density at radius 1 is 0.969 bits per heavy atom. The maximum atomic E-state index is 13.0. The van der Waals surface area contributed by atoms with Crippen LogP contribution in [-0.4, -0.2) is 39.6 Å². The van der Waals surface area contributed by atoms with Crippen LogP contribution in [0.25, 0.3) is 11.8 Å². The second-order valence-electron chi connectivity index (χ2n) is 8.15. The normalized spacial score (nSPS) is 13.7. The number of nitrogens with zero attached hydrogens (tertiary/aromatic N) is 3. The van der Waals surface area contributed by atoms with E-state index < -0.39 is 0 Å². The van der Waals surface area contributed by atoms with Crippen LogP contribution in [0.3, 0.4) is 0 Å². The molecule has 0 radical (unpaired) electrons. The Kier molecular flexibility index (Phi) is 6.21. The molecule has 2 aromatic carbocycles. The zero-order chi connectivity index (χ0) is 22.7. The van der Waals surface area contributed by atoms with Crippen molar-refractivity contribution in [3.8, 4) is 5.69 Å². The monoisotopic (exact) mass is 428 g/mol. The highest BCUT2D eigenvalue weighted by molar-refractivity contribution is 6.08. The fourth-order valence-corrected chi connectivity index (χ4v) is 4.18. The number of hydrogen-bond donors (Lipinski definition) is 1. The fourth-order valence-electron chi connectivity index (χ4n) is 4.18. The van der Waals surface area contributed by atoms with Gasteiger partial charge in [0, 0.05) is 30.4 Å². The molecule has 1 aliphatic rings. The van der Waals surface area contributed by atoms with Gasteiger partial charge >= 0.3 is 0 Å². The zero-order valence-corrected chi connectivity index (χ0v) is 18.8. The molecule has 0 bridgehead atoms. The number of rotatable bonds is 5. The van der Waals surface area contributed by atoms with E-state index in [1.165, 1.54) is 6.08 Å². The first-order valence-electron chi connectivity index (χ1n) is 11.0. The molecule has 0 atom stereocenters. The van der Waals surface area contributed by atoms with Gasteiger partial charge in [-0.25, -0.2) is 4.68 Å². The van der Waals surface area contributed by atoms with E-state index in [1.807, 2.05) is 72.8 Å². The topological polar surface area (TPSA) is 67.2 Å². The summed E-state index contributed by atoms with van der Waals surface area (Å²) in [6.07, 6.45) is 5.33. The number of nitrogens with one attached hydrogen (secondary N) is 1. The molecule has 4 rings (SSSR count). The van der Waals surface area contributed by atoms with Gasteiger partial charge < -0.3 is 10.2 Å². The van der Waals surface area contributed by atoms with Crippen LogP contribution in [0.15, 0.2) is 54.6 Å². The van der Waals surface area contributed by atoms with Crippen LogP contribution < -0.4 is 5.32 Å². The minimum absolute atomic E-state index is 0.0179. The predicted octanol–water partition coefficient (Wildman–Crippen LogP) is 4.69. The molecule has 0 unspecified atom stereocenters. The third-order valence-corrected chi connectivity index (χ3v) is 5.89. The number of hydrogen-bond acceptors (Lipinski definition) is 3. The highest BCUT2D eigenvalue weighted by Crippen LogP contribution is 2.24. The van der Waals surface area contributed by atoms with E-state index in [9.17, 15) is 9.59 Å². The Morgan fingerprint density at radius 2 is 1.69 bits per heavy atom. The summed E-state index contributed by atoms with van der Waals surface area (Å²) in [5, 5.41) is 7.52. The molecule has 1 aromatic heterocycles. The van der Waals surface area contributed by atoms with Crippen molar-refractivity contribution in [1.29, 1.82) is 0 Å². The quantitative estimate of drug-likeness (QED) is 0.600. The third-order valence-electron chi connectivity index (χ3n) is 5.89. The van der Waals surface area contributed by atoms with E-state index in [-0.39, 0.29) is 11.8 Å². The average Bonchev–Trinajstić information content (AvgIpc) is 3.41. The van der Waals surface area contributed by atoms with Crippen LogP contribution in [0.1, 0.15) is 45.7 Å². The van der Waals surface area contributed by atoms with Gasteiger partial charge in [-0.15, -0.1) is 0 Å². The molecule has 164 valence electrons. The minimum Gasteiger partial charge on any atom is -0.339 e. The Labute approximate surface area is 188 Å². The van der Waals surface area contributed by atoms with Gasteiger partial charge in [0.1, 0.15) is 0 Å². The molecule has 2 amide bonds. The van der Waals surface area contributed by atoms with Gasteiger partial charge in [0.05, 0.1) is 22.6 Å². The molecule has 1 N–H and O–H groups in total. The summed E-state index contributed by atoms with van der Waals surface area (Å²) in [5.74, 6) is -0.298. The maximum absolute atomic E-state index is 13.0. The lowest BCUT2D eigenvalue weighted by Crippen LogP contribution is -2.29. The van der Waals surface area contributed by atoms with Gasteiger partial charge in [0.25, 0.3) is 5.91 Å². The molecule has 6 nitrogen and oxygen atoms in total. The average molecular weight is 429 g/mol. The van der Waals surface area contributed by atoms with Crippen LogP contribution >= 0.6 is 0 Å². The number of aromatic nitrogens is 2. The first kappa shape index (κ1) is 21.6. The Bertz CT molecular complexity index is 1170. The van der Waals surface area contributed by atoms with Crippen LogP contribution in [-0.2, 0) is 4.79 Å². The van der Waals surface area contributed by atoms with E-state index in [0.29, 0.717) is 11.3 Å². The second-order valence-corrected chi connectivity index (χ2v) is 8.15. The molecule has 0 aliphatic carbocycles. The second kappa shape index (κ2) is 9.22. The lowest BCUT2D eigenvalue weighted by molar-refractivity contribution is -0.111. The molecule has 0 spiro atoms. The molecule has 1 saturated heterocycles. The summed E-state index contributed by atoms with van der Waals surface area (Å²) < 4.78 is 1.88. The van der Waals surface area contributed by atoms with Crippen LogP contribution in [0.5, 0.6) is 0 Å². The van der Waals surface area contributed by atoms with Crippen molar-refractivity contribution in [3.05, 3.63) is 82.7 Å². The lowest BCUT2D eigenvalue weighted by Gasteiger charge is -2.19. The van der Waals surface area contributed by atoms with Crippen molar-refractivity contribution in [2.24, 2.45) is 0 Å². The molecule has 0 saturated carbocycles. The Hall–Kier alpha value is -3.67. The van der Waals surface area contributed by atoms with Gasteiger partial charge in [-0.05, 0) is 63.5 Å². The van der Waals surface area contributed by atoms with Gasteiger partial charge in [-0.2, -0.15) is 5.10 Å². The van der Waals surface area contributed by atoms with Crippen molar-refractivity contribution in [1.82, 2.24) is 14.7 Å².